The molecule has 2 saturated heterocycles. The smallest absolute Gasteiger partial charge is 0.322 e. The van der Waals surface area contributed by atoms with Gasteiger partial charge in [0.25, 0.3) is 5.91 Å². The number of piperidine rings is 1. The van der Waals surface area contributed by atoms with Gasteiger partial charge in [0, 0.05) is 13.1 Å². The van der Waals surface area contributed by atoms with Crippen molar-refractivity contribution in [1.29, 1.82) is 0 Å². The van der Waals surface area contributed by atoms with Crippen LogP contribution in [-0.2, 0) is 9.59 Å². The summed E-state index contributed by atoms with van der Waals surface area (Å²) < 4.78 is 0. The van der Waals surface area contributed by atoms with Gasteiger partial charge in [-0.1, -0.05) is 6.92 Å². The first-order chi connectivity index (χ1) is 9.02. The number of hydrogen-bond donors (Lipinski definition) is 3. The fourth-order valence-corrected chi connectivity index (χ4v) is 2.76. The van der Waals surface area contributed by atoms with Crippen LogP contribution in [0.5, 0.6) is 0 Å². The molecule has 2 atom stereocenters. The van der Waals surface area contributed by atoms with Crippen LogP contribution in [0.2, 0.25) is 0 Å². The fourth-order valence-electron chi connectivity index (χ4n) is 2.76. The highest BCUT2D eigenvalue weighted by Gasteiger charge is 2.49. The molecule has 2 heterocycles. The molecular weight excluding hydrogens is 248 g/mol. The second-order valence-corrected chi connectivity index (χ2v) is 5.19. The summed E-state index contributed by atoms with van der Waals surface area (Å²) in [6.07, 6.45) is 1.94. The molecule has 4 amide bonds. The van der Waals surface area contributed by atoms with E-state index in [0.29, 0.717) is 32.4 Å². The summed E-state index contributed by atoms with van der Waals surface area (Å²) >= 11 is 0. The molecule has 0 aliphatic carbocycles. The molecule has 7 heteroatoms. The van der Waals surface area contributed by atoms with Crippen LogP contribution in [-0.4, -0.2) is 47.9 Å². The molecule has 7 nitrogen and oxygen atoms in total. The third kappa shape index (κ3) is 2.42. The Morgan fingerprint density at radius 3 is 2.79 bits per heavy atom. The average Bonchev–Trinajstić information content (AvgIpc) is 2.65. The molecule has 0 bridgehead atoms. The van der Waals surface area contributed by atoms with Crippen molar-refractivity contribution in [3.63, 3.8) is 0 Å². The molecule has 19 heavy (non-hydrogen) atoms. The Hall–Kier alpha value is -1.63. The maximum absolute atomic E-state index is 12.3. The molecule has 2 unspecified atom stereocenters. The van der Waals surface area contributed by atoms with Crippen molar-refractivity contribution in [2.45, 2.75) is 31.7 Å². The van der Waals surface area contributed by atoms with Gasteiger partial charge in [-0.2, -0.15) is 0 Å². The Kier molecular flexibility index (Phi) is 3.75. The summed E-state index contributed by atoms with van der Waals surface area (Å²) in [5.41, 5.74) is 4.64. The number of nitrogens with two attached hydrogens (primary N) is 1. The van der Waals surface area contributed by atoms with E-state index in [1.165, 1.54) is 0 Å². The Labute approximate surface area is 111 Å². The molecule has 0 saturated carbocycles. The average molecular weight is 268 g/mol. The zero-order valence-corrected chi connectivity index (χ0v) is 11.1. The van der Waals surface area contributed by atoms with Crippen LogP contribution in [0, 0.1) is 5.92 Å². The van der Waals surface area contributed by atoms with Crippen molar-refractivity contribution in [2.75, 3.05) is 19.6 Å². The number of amides is 4. The van der Waals surface area contributed by atoms with Gasteiger partial charge in [-0.05, 0) is 19.3 Å². The van der Waals surface area contributed by atoms with Gasteiger partial charge in [-0.15, -0.1) is 0 Å². The third-order valence-electron chi connectivity index (χ3n) is 3.95. The van der Waals surface area contributed by atoms with Crippen molar-refractivity contribution in [2.24, 2.45) is 11.7 Å². The van der Waals surface area contributed by atoms with Crippen molar-refractivity contribution < 1.29 is 14.4 Å². The van der Waals surface area contributed by atoms with Gasteiger partial charge in [-0.25, -0.2) is 4.79 Å². The highest BCUT2D eigenvalue weighted by Crippen LogP contribution is 2.25. The number of urea groups is 1. The normalized spacial score (nSPS) is 28.2. The molecule has 106 valence electrons. The van der Waals surface area contributed by atoms with E-state index in [4.69, 9.17) is 5.73 Å². The largest absolute Gasteiger partial charge is 0.340 e. The molecule has 0 aromatic heterocycles. The Bertz CT molecular complexity index is 408. The van der Waals surface area contributed by atoms with Gasteiger partial charge in [0.05, 0.1) is 12.5 Å². The molecule has 1 spiro atoms. The van der Waals surface area contributed by atoms with Crippen molar-refractivity contribution in [3.05, 3.63) is 0 Å². The van der Waals surface area contributed by atoms with Gasteiger partial charge in [0.15, 0.2) is 0 Å². The zero-order chi connectivity index (χ0) is 14.0. The van der Waals surface area contributed by atoms with Crippen LogP contribution in [0.1, 0.15) is 26.2 Å². The van der Waals surface area contributed by atoms with Crippen LogP contribution < -0.4 is 16.4 Å². The predicted molar refractivity (Wildman–Crippen MR) is 68.1 cm³/mol. The summed E-state index contributed by atoms with van der Waals surface area (Å²) in [5.74, 6) is -0.580. The van der Waals surface area contributed by atoms with E-state index >= 15 is 0 Å². The molecule has 4 N–H and O–H groups in total. The van der Waals surface area contributed by atoms with E-state index < -0.39 is 11.6 Å². The number of likely N-dealkylation sites (tertiary alicyclic amines) is 1. The second-order valence-electron chi connectivity index (χ2n) is 5.19. The summed E-state index contributed by atoms with van der Waals surface area (Å²) in [6, 6.07) is -0.481. The SMILES string of the molecule is CCC(CN)C(=O)N1CCCC2(C1)NC(=O)NC2=O. The van der Waals surface area contributed by atoms with E-state index in [9.17, 15) is 14.4 Å². The third-order valence-corrected chi connectivity index (χ3v) is 3.95. The number of nitrogens with one attached hydrogen (secondary N) is 2. The minimum absolute atomic E-state index is 0.0296. The summed E-state index contributed by atoms with van der Waals surface area (Å²) in [5, 5.41) is 4.90. The number of imide groups is 1. The van der Waals surface area contributed by atoms with E-state index in [1.54, 1.807) is 4.90 Å². The van der Waals surface area contributed by atoms with E-state index in [-0.39, 0.29) is 24.3 Å². The van der Waals surface area contributed by atoms with E-state index in [2.05, 4.69) is 10.6 Å². The fraction of sp³-hybridized carbons (Fsp3) is 0.750. The Balaban J connectivity index is 2.11. The van der Waals surface area contributed by atoms with Gasteiger partial charge in [-0.3, -0.25) is 14.9 Å². The van der Waals surface area contributed by atoms with Gasteiger partial charge in [0.2, 0.25) is 5.91 Å². The van der Waals surface area contributed by atoms with Crippen molar-refractivity contribution in [1.82, 2.24) is 15.5 Å². The standard InChI is InChI=1S/C12H20N4O3/c1-2-8(6-13)9(17)16-5-3-4-12(7-16)10(18)14-11(19)15-12/h8H,2-7,13H2,1H3,(H2,14,15,18,19). The first-order valence-corrected chi connectivity index (χ1v) is 6.65. The minimum Gasteiger partial charge on any atom is -0.340 e. The first-order valence-electron chi connectivity index (χ1n) is 6.65. The molecule has 2 fully saturated rings. The molecule has 2 rings (SSSR count). The minimum atomic E-state index is -0.947. The Morgan fingerprint density at radius 2 is 2.26 bits per heavy atom. The number of carbonyl (C=O) groups excluding carboxylic acids is 3. The number of nitrogens with zero attached hydrogens (tertiary/aromatic N) is 1. The molecule has 0 aromatic carbocycles. The molecule has 2 aliphatic rings. The number of carbonyl (C=O) groups is 3. The maximum Gasteiger partial charge on any atom is 0.322 e. The highest BCUT2D eigenvalue weighted by molar-refractivity contribution is 6.07. The van der Waals surface area contributed by atoms with Crippen LogP contribution in [0.3, 0.4) is 0 Å². The lowest BCUT2D eigenvalue weighted by molar-refractivity contribution is -0.139. The maximum atomic E-state index is 12.3. The van der Waals surface area contributed by atoms with Gasteiger partial charge in [0.1, 0.15) is 5.54 Å². The van der Waals surface area contributed by atoms with Crippen LogP contribution in [0.15, 0.2) is 0 Å². The lowest BCUT2D eigenvalue weighted by atomic mass is 9.88. The molecule has 0 radical (unpaired) electrons. The lowest BCUT2D eigenvalue weighted by Gasteiger charge is -2.39. The Morgan fingerprint density at radius 1 is 1.53 bits per heavy atom. The highest BCUT2D eigenvalue weighted by atomic mass is 16.2. The van der Waals surface area contributed by atoms with Crippen molar-refractivity contribution in [3.8, 4) is 0 Å². The van der Waals surface area contributed by atoms with Gasteiger partial charge < -0.3 is 16.0 Å². The monoisotopic (exact) mass is 268 g/mol. The van der Waals surface area contributed by atoms with Crippen LogP contribution >= 0.6 is 0 Å². The first kappa shape index (κ1) is 13.8. The predicted octanol–water partition coefficient (Wildman–Crippen LogP) is -0.828. The van der Waals surface area contributed by atoms with Crippen molar-refractivity contribution >= 4 is 17.8 Å². The van der Waals surface area contributed by atoms with Crippen LogP contribution in [0.4, 0.5) is 4.79 Å². The topological polar surface area (TPSA) is 105 Å². The lowest BCUT2D eigenvalue weighted by Crippen LogP contribution is -2.60. The summed E-state index contributed by atoms with van der Waals surface area (Å²) in [6.45, 7) is 3.07. The molecule has 0 aromatic rings. The quantitative estimate of drug-likeness (QED) is 0.581. The zero-order valence-electron chi connectivity index (χ0n) is 11.1. The van der Waals surface area contributed by atoms with Crippen LogP contribution in [0.25, 0.3) is 0 Å². The van der Waals surface area contributed by atoms with E-state index in [1.807, 2.05) is 6.92 Å². The number of hydrogen-bond acceptors (Lipinski definition) is 4. The molecular formula is C12H20N4O3. The number of rotatable bonds is 3. The summed E-state index contributed by atoms with van der Waals surface area (Å²) in [7, 11) is 0. The van der Waals surface area contributed by atoms with E-state index in [0.717, 1.165) is 0 Å². The second kappa shape index (κ2) is 5.16. The molecule has 2 aliphatic heterocycles. The van der Waals surface area contributed by atoms with Gasteiger partial charge >= 0.3 is 6.03 Å². The summed E-state index contributed by atoms with van der Waals surface area (Å²) in [4.78, 5) is 37.1.